The summed E-state index contributed by atoms with van der Waals surface area (Å²) in [6.07, 6.45) is 6.99. The van der Waals surface area contributed by atoms with Gasteiger partial charge in [-0.1, -0.05) is 36.4 Å². The fourth-order valence-electron chi connectivity index (χ4n) is 4.24. The number of hydrogen-bond acceptors (Lipinski definition) is 8. The van der Waals surface area contributed by atoms with Crippen molar-refractivity contribution in [1.29, 1.82) is 0 Å². The van der Waals surface area contributed by atoms with E-state index in [2.05, 4.69) is 25.5 Å². The molecule has 1 aliphatic rings. The van der Waals surface area contributed by atoms with Gasteiger partial charge in [0.25, 0.3) is 0 Å². The number of aromatic nitrogens is 3. The summed E-state index contributed by atoms with van der Waals surface area (Å²) >= 11 is 0. The molecule has 2 aromatic carbocycles. The Bertz CT molecular complexity index is 1430. The minimum atomic E-state index is -0.163. The van der Waals surface area contributed by atoms with Gasteiger partial charge in [0.15, 0.2) is 0 Å². The number of amides is 1. The number of hydrogen-bond donors (Lipinski definition) is 2. The van der Waals surface area contributed by atoms with E-state index in [9.17, 15) is 4.79 Å². The van der Waals surface area contributed by atoms with Crippen molar-refractivity contribution in [3.8, 4) is 11.1 Å². The number of anilines is 4. The lowest BCUT2D eigenvalue weighted by atomic mass is 10.0. The van der Waals surface area contributed by atoms with E-state index in [1.807, 2.05) is 85.9 Å². The molecule has 3 heterocycles. The summed E-state index contributed by atoms with van der Waals surface area (Å²) in [6, 6.07) is 17.7. The normalized spacial score (nSPS) is 13.8. The van der Waals surface area contributed by atoms with Crippen molar-refractivity contribution in [2.24, 2.45) is 0 Å². The summed E-state index contributed by atoms with van der Waals surface area (Å²) in [4.78, 5) is 30.5. The van der Waals surface area contributed by atoms with Gasteiger partial charge in [-0.05, 0) is 43.9 Å². The highest BCUT2D eigenvalue weighted by molar-refractivity contribution is 6.00. The first kappa shape index (κ1) is 25.3. The first-order valence-corrected chi connectivity index (χ1v) is 12.6. The molecule has 9 heteroatoms. The SMILES string of the molecule is CN(C)CC=CC(=O)Nc1cccc(-c2cccc3cnc(Nc4ccc(N5CCOCC5)nc4)nc23)c1. The van der Waals surface area contributed by atoms with Crippen molar-refractivity contribution >= 4 is 40.0 Å². The predicted octanol–water partition coefficient (Wildman–Crippen LogP) is 4.33. The summed E-state index contributed by atoms with van der Waals surface area (Å²) < 4.78 is 5.42. The topological polar surface area (TPSA) is 95.5 Å². The third-order valence-electron chi connectivity index (χ3n) is 6.13. The minimum Gasteiger partial charge on any atom is -0.378 e. The molecule has 0 aliphatic carbocycles. The van der Waals surface area contributed by atoms with Crippen molar-refractivity contribution in [1.82, 2.24) is 19.9 Å². The molecule has 1 saturated heterocycles. The van der Waals surface area contributed by atoms with Crippen molar-refractivity contribution in [3.63, 3.8) is 0 Å². The number of morpholine rings is 1. The summed E-state index contributed by atoms with van der Waals surface area (Å²) in [5.74, 6) is 1.26. The van der Waals surface area contributed by atoms with Gasteiger partial charge in [-0.2, -0.15) is 0 Å². The molecule has 0 bridgehead atoms. The number of nitrogens with zero attached hydrogens (tertiary/aromatic N) is 5. The highest BCUT2D eigenvalue weighted by Crippen LogP contribution is 2.30. The molecule has 2 N–H and O–H groups in total. The summed E-state index contributed by atoms with van der Waals surface area (Å²) in [5, 5.41) is 7.14. The molecule has 38 heavy (non-hydrogen) atoms. The zero-order valence-corrected chi connectivity index (χ0v) is 21.6. The lowest BCUT2D eigenvalue weighted by Gasteiger charge is -2.27. The molecule has 1 amide bonds. The van der Waals surface area contributed by atoms with Gasteiger partial charge in [-0.15, -0.1) is 0 Å². The van der Waals surface area contributed by atoms with Gasteiger partial charge in [-0.3, -0.25) is 4.79 Å². The van der Waals surface area contributed by atoms with E-state index in [1.165, 1.54) is 0 Å². The molecule has 5 rings (SSSR count). The Morgan fingerprint density at radius 2 is 1.87 bits per heavy atom. The molecule has 0 radical (unpaired) electrons. The number of ether oxygens (including phenoxy) is 1. The van der Waals surface area contributed by atoms with Crippen LogP contribution >= 0.6 is 0 Å². The minimum absolute atomic E-state index is 0.163. The number of para-hydroxylation sites is 1. The second-order valence-corrected chi connectivity index (χ2v) is 9.30. The number of carbonyl (C=O) groups is 1. The number of rotatable bonds is 8. The van der Waals surface area contributed by atoms with E-state index in [0.717, 1.165) is 65.5 Å². The Kier molecular flexibility index (Phi) is 7.86. The second-order valence-electron chi connectivity index (χ2n) is 9.30. The van der Waals surface area contributed by atoms with Crippen LogP contribution in [-0.4, -0.2) is 72.7 Å². The van der Waals surface area contributed by atoms with Crippen LogP contribution in [0.3, 0.4) is 0 Å². The van der Waals surface area contributed by atoms with Crippen LogP contribution in [0.2, 0.25) is 0 Å². The van der Waals surface area contributed by atoms with Crippen molar-refractivity contribution in [2.45, 2.75) is 0 Å². The fourth-order valence-corrected chi connectivity index (χ4v) is 4.24. The monoisotopic (exact) mass is 509 g/mol. The van der Waals surface area contributed by atoms with Crippen LogP contribution in [0.4, 0.5) is 23.1 Å². The summed E-state index contributed by atoms with van der Waals surface area (Å²) in [6.45, 7) is 3.83. The molecule has 1 aliphatic heterocycles. The van der Waals surface area contributed by atoms with Gasteiger partial charge >= 0.3 is 0 Å². The number of likely N-dealkylation sites (N-methyl/N-ethyl adjacent to an activating group) is 1. The van der Waals surface area contributed by atoms with Gasteiger partial charge in [0, 0.05) is 48.5 Å². The number of benzene rings is 2. The zero-order chi connectivity index (χ0) is 26.3. The highest BCUT2D eigenvalue weighted by Gasteiger charge is 2.13. The molecule has 9 nitrogen and oxygen atoms in total. The number of pyridine rings is 1. The van der Waals surface area contributed by atoms with E-state index in [-0.39, 0.29) is 5.91 Å². The van der Waals surface area contributed by atoms with Crippen LogP contribution in [0.5, 0.6) is 0 Å². The smallest absolute Gasteiger partial charge is 0.248 e. The summed E-state index contributed by atoms with van der Waals surface area (Å²) in [7, 11) is 3.92. The summed E-state index contributed by atoms with van der Waals surface area (Å²) in [5.41, 5.74) is 4.25. The average molecular weight is 510 g/mol. The first-order valence-electron chi connectivity index (χ1n) is 12.6. The lowest BCUT2D eigenvalue weighted by molar-refractivity contribution is -0.111. The predicted molar refractivity (Wildman–Crippen MR) is 152 cm³/mol. The maximum atomic E-state index is 12.3. The first-order chi connectivity index (χ1) is 18.5. The molecule has 0 saturated carbocycles. The molecular weight excluding hydrogens is 478 g/mol. The molecule has 1 fully saturated rings. The fraction of sp³-hybridized carbons (Fsp3) is 0.241. The quantitative estimate of drug-likeness (QED) is 0.339. The van der Waals surface area contributed by atoms with Gasteiger partial charge < -0.3 is 25.2 Å². The molecule has 2 aromatic heterocycles. The Balaban J connectivity index is 1.35. The maximum Gasteiger partial charge on any atom is 0.248 e. The second kappa shape index (κ2) is 11.8. The zero-order valence-electron chi connectivity index (χ0n) is 21.6. The Hall–Kier alpha value is -4.34. The molecule has 4 aromatic rings. The highest BCUT2D eigenvalue weighted by atomic mass is 16.5. The third-order valence-corrected chi connectivity index (χ3v) is 6.13. The molecular formula is C29H31N7O2. The van der Waals surface area contributed by atoms with E-state index in [0.29, 0.717) is 12.5 Å². The van der Waals surface area contributed by atoms with Crippen molar-refractivity contribution in [2.75, 3.05) is 62.5 Å². The maximum absolute atomic E-state index is 12.3. The van der Waals surface area contributed by atoms with Crippen LogP contribution in [0.15, 0.2) is 79.1 Å². The molecule has 0 unspecified atom stereocenters. The molecule has 194 valence electrons. The van der Waals surface area contributed by atoms with Crippen LogP contribution in [0.25, 0.3) is 22.0 Å². The van der Waals surface area contributed by atoms with E-state index in [1.54, 1.807) is 12.3 Å². The molecule has 0 spiro atoms. The van der Waals surface area contributed by atoms with Crippen LogP contribution < -0.4 is 15.5 Å². The van der Waals surface area contributed by atoms with Crippen LogP contribution in [-0.2, 0) is 9.53 Å². The Labute approximate surface area is 222 Å². The van der Waals surface area contributed by atoms with Gasteiger partial charge in [0.05, 0.1) is 30.6 Å². The van der Waals surface area contributed by atoms with Gasteiger partial charge in [0.1, 0.15) is 5.82 Å². The number of nitrogens with one attached hydrogen (secondary N) is 2. The van der Waals surface area contributed by atoms with Gasteiger partial charge in [0.2, 0.25) is 11.9 Å². The standard InChI is InChI=1S/C29H31N7O2/c1-35(2)13-5-10-27(37)32-23-8-3-6-21(18-23)25-9-4-7-22-19-31-29(34-28(22)25)33-24-11-12-26(30-20-24)36-14-16-38-17-15-36/h3-12,18-20H,13-17H2,1-2H3,(H,32,37)(H,31,33,34). The largest absolute Gasteiger partial charge is 0.378 e. The van der Waals surface area contributed by atoms with E-state index >= 15 is 0 Å². The van der Waals surface area contributed by atoms with Crippen LogP contribution in [0, 0.1) is 0 Å². The Morgan fingerprint density at radius 1 is 1.03 bits per heavy atom. The number of fused-ring (bicyclic) bond motifs is 1. The lowest BCUT2D eigenvalue weighted by Crippen LogP contribution is -2.36. The molecule has 0 atom stereocenters. The third kappa shape index (κ3) is 6.31. The average Bonchev–Trinajstić information content (AvgIpc) is 2.93. The van der Waals surface area contributed by atoms with Crippen molar-refractivity contribution < 1.29 is 9.53 Å². The van der Waals surface area contributed by atoms with Crippen LogP contribution in [0.1, 0.15) is 0 Å². The number of carbonyl (C=O) groups excluding carboxylic acids is 1. The van der Waals surface area contributed by atoms with Gasteiger partial charge in [-0.25, -0.2) is 15.0 Å². The van der Waals surface area contributed by atoms with E-state index < -0.39 is 0 Å². The Morgan fingerprint density at radius 3 is 2.66 bits per heavy atom. The van der Waals surface area contributed by atoms with Crippen molar-refractivity contribution in [3.05, 3.63) is 79.1 Å². The van der Waals surface area contributed by atoms with E-state index in [4.69, 9.17) is 9.72 Å².